The first kappa shape index (κ1) is 51.4. The Kier molecular flexibility index (Phi) is 20.1. The molecule has 0 unspecified atom stereocenters. The number of aromatic nitrogens is 4. The van der Waals surface area contributed by atoms with Crippen molar-refractivity contribution >= 4 is 34.6 Å². The SMILES string of the molecule is CCN(CC[N+]12CCN(CC1)CC2)c1ccc(N=Nc2n(C)cc[n+]2C)cc1.CCN(CC[N+]12CCN(CC1)CC2)c1ccc(N=Nc2n(C)cc[n+]2C)cc1.[Br-].[Br-].[Cl-].[Cl-]. The Morgan fingerprint density at radius 3 is 1.12 bits per heavy atom. The molecule has 4 bridgehead atoms. The topological polar surface area (TPSA) is 80.0 Å². The lowest BCUT2D eigenvalue weighted by atomic mass is 10.1. The zero-order valence-corrected chi connectivity index (χ0v) is 41.1. The van der Waals surface area contributed by atoms with Crippen LogP contribution in [0.15, 0.2) is 93.8 Å². The van der Waals surface area contributed by atoms with Crippen molar-refractivity contribution < 1.29 is 76.9 Å². The molecule has 0 N–H and O–H groups in total. The molecular weight excluding hydrogens is 931 g/mol. The third kappa shape index (κ3) is 12.6. The van der Waals surface area contributed by atoms with Gasteiger partial charge >= 0.3 is 11.9 Å². The highest BCUT2D eigenvalue weighted by Crippen LogP contribution is 2.25. The van der Waals surface area contributed by atoms with Gasteiger partial charge in [-0.15, -0.1) is 0 Å². The zero-order chi connectivity index (χ0) is 39.1. The van der Waals surface area contributed by atoms with Crippen LogP contribution in [0.4, 0.5) is 34.6 Å². The second kappa shape index (κ2) is 23.5. The normalized spacial score (nSPS) is 22.6. The van der Waals surface area contributed by atoms with E-state index >= 15 is 0 Å². The third-order valence-corrected chi connectivity index (χ3v) is 13.0. The summed E-state index contributed by atoms with van der Waals surface area (Å²) in [7, 11) is 7.91. The molecule has 0 aliphatic carbocycles. The third-order valence-electron chi connectivity index (χ3n) is 13.0. The van der Waals surface area contributed by atoms with E-state index in [0.29, 0.717) is 0 Å². The zero-order valence-electron chi connectivity index (χ0n) is 36.4. The summed E-state index contributed by atoms with van der Waals surface area (Å²) in [5.74, 6) is 1.66. The lowest BCUT2D eigenvalue weighted by Gasteiger charge is -2.51. The van der Waals surface area contributed by atoms with Gasteiger partial charge < -0.3 is 77.5 Å². The average molecular weight is 998 g/mol. The van der Waals surface area contributed by atoms with E-state index in [1.165, 1.54) is 112 Å². The minimum absolute atomic E-state index is 0. The van der Waals surface area contributed by atoms with Gasteiger partial charge in [0.15, 0.2) is 0 Å². The number of likely N-dealkylation sites (N-methyl/N-ethyl adjacent to an activating group) is 2. The molecule has 6 aliphatic rings. The van der Waals surface area contributed by atoms with Crippen LogP contribution in [-0.2, 0) is 28.2 Å². The Morgan fingerprint density at radius 1 is 0.533 bits per heavy atom. The number of quaternary nitrogens is 2. The summed E-state index contributed by atoms with van der Waals surface area (Å²) >= 11 is 0. The van der Waals surface area contributed by atoms with Gasteiger partial charge in [-0.2, -0.15) is 0 Å². The fourth-order valence-corrected chi connectivity index (χ4v) is 8.85. The van der Waals surface area contributed by atoms with Crippen LogP contribution < -0.4 is 77.7 Å². The molecule has 0 amide bonds. The van der Waals surface area contributed by atoms with Gasteiger partial charge in [0.2, 0.25) is 0 Å². The van der Waals surface area contributed by atoms with Crippen molar-refractivity contribution in [3.8, 4) is 0 Å². The molecule has 60 heavy (non-hydrogen) atoms. The van der Waals surface area contributed by atoms with E-state index in [4.69, 9.17) is 0 Å². The number of halogens is 4. The predicted octanol–water partition coefficient (Wildman–Crippen LogP) is -7.51. The molecule has 8 heterocycles. The van der Waals surface area contributed by atoms with Crippen LogP contribution in [-0.4, -0.2) is 146 Å². The molecule has 18 heteroatoms. The second-order valence-corrected chi connectivity index (χ2v) is 16.4. The minimum atomic E-state index is 0. The number of piperazine rings is 6. The Balaban J connectivity index is 0.000000300. The number of imidazole rings is 2. The number of aryl methyl sites for hydroxylation is 4. The minimum Gasteiger partial charge on any atom is -1.00 e. The summed E-state index contributed by atoms with van der Waals surface area (Å²) in [5.41, 5.74) is 4.32. The molecule has 6 aliphatic heterocycles. The lowest BCUT2D eigenvalue weighted by molar-refractivity contribution is -0.939. The first-order chi connectivity index (χ1) is 27.2. The van der Waals surface area contributed by atoms with Crippen LogP contribution in [0.2, 0.25) is 0 Å². The molecule has 0 spiro atoms. The van der Waals surface area contributed by atoms with E-state index in [1.54, 1.807) is 0 Å². The lowest BCUT2D eigenvalue weighted by Crippen LogP contribution is -3.00. The van der Waals surface area contributed by atoms with E-state index < -0.39 is 0 Å². The quantitative estimate of drug-likeness (QED) is 0.0716. The monoisotopic (exact) mass is 994 g/mol. The molecule has 2 aromatic heterocycles. The van der Waals surface area contributed by atoms with Crippen molar-refractivity contribution in [2.45, 2.75) is 13.8 Å². The van der Waals surface area contributed by atoms with E-state index in [1.807, 2.05) is 71.2 Å². The van der Waals surface area contributed by atoms with Crippen molar-refractivity contribution in [3.05, 3.63) is 73.3 Å². The van der Waals surface area contributed by atoms with Gasteiger partial charge in [0.05, 0.1) is 118 Å². The molecule has 4 aromatic rings. The largest absolute Gasteiger partial charge is 1.00 e. The second-order valence-electron chi connectivity index (χ2n) is 16.4. The predicted molar refractivity (Wildman–Crippen MR) is 223 cm³/mol. The Hall–Kier alpha value is -2.96. The fraction of sp³-hybridized carbons (Fsp3) is 0.571. The maximum absolute atomic E-state index is 4.40. The van der Waals surface area contributed by atoms with Gasteiger partial charge in [0.1, 0.15) is 11.4 Å². The smallest absolute Gasteiger partial charge is 0.421 e. The van der Waals surface area contributed by atoms with Crippen molar-refractivity contribution in [2.75, 3.05) is 128 Å². The first-order valence-corrected chi connectivity index (χ1v) is 20.9. The van der Waals surface area contributed by atoms with Crippen molar-refractivity contribution in [1.29, 1.82) is 0 Å². The Bertz CT molecular complexity index is 1730. The summed E-state index contributed by atoms with van der Waals surface area (Å²) in [6.07, 6.45) is 7.91. The molecule has 10 rings (SSSR count). The highest BCUT2D eigenvalue weighted by Gasteiger charge is 2.39. The summed E-state index contributed by atoms with van der Waals surface area (Å²) in [6, 6.07) is 17.0. The number of fused-ring (bicyclic) bond motifs is 6. The molecule has 0 atom stereocenters. The highest BCUT2D eigenvalue weighted by molar-refractivity contribution is 5.53. The molecular formula is C42H66Br2Cl2N14. The van der Waals surface area contributed by atoms with E-state index in [-0.39, 0.29) is 58.8 Å². The number of hydrogen-bond donors (Lipinski definition) is 0. The molecule has 6 fully saturated rings. The van der Waals surface area contributed by atoms with Gasteiger partial charge in [-0.05, 0) is 62.4 Å². The summed E-state index contributed by atoms with van der Waals surface area (Å²) in [5, 5.41) is 17.6. The number of anilines is 2. The van der Waals surface area contributed by atoms with Crippen molar-refractivity contribution in [3.63, 3.8) is 0 Å². The van der Waals surface area contributed by atoms with Crippen LogP contribution >= 0.6 is 0 Å². The maximum atomic E-state index is 4.40. The van der Waals surface area contributed by atoms with E-state index in [9.17, 15) is 0 Å². The molecule has 14 nitrogen and oxygen atoms in total. The summed E-state index contributed by atoms with van der Waals surface area (Å²) < 4.78 is 10.5. The maximum Gasteiger partial charge on any atom is 0.421 e. The van der Waals surface area contributed by atoms with Gasteiger partial charge in [0.25, 0.3) is 0 Å². The van der Waals surface area contributed by atoms with Gasteiger partial charge in [-0.1, -0.05) is 10.2 Å². The van der Waals surface area contributed by atoms with Crippen molar-refractivity contribution in [1.82, 2.24) is 18.9 Å². The summed E-state index contributed by atoms with van der Waals surface area (Å²) in [4.78, 5) is 10.2. The summed E-state index contributed by atoms with van der Waals surface area (Å²) in [6.45, 7) is 27.0. The molecule has 6 saturated heterocycles. The van der Waals surface area contributed by atoms with E-state index in [2.05, 4.69) is 102 Å². The number of azo groups is 2. The first-order valence-electron chi connectivity index (χ1n) is 20.9. The Labute approximate surface area is 391 Å². The molecule has 0 saturated carbocycles. The van der Waals surface area contributed by atoms with Crippen LogP contribution in [0.3, 0.4) is 0 Å². The average Bonchev–Trinajstić information content (AvgIpc) is 3.75. The van der Waals surface area contributed by atoms with Gasteiger partial charge in [-0.3, -0.25) is 9.80 Å². The van der Waals surface area contributed by atoms with Crippen LogP contribution in [0.5, 0.6) is 0 Å². The highest BCUT2D eigenvalue weighted by atomic mass is 79.9. The number of benzene rings is 2. The van der Waals surface area contributed by atoms with Gasteiger partial charge in [-0.25, -0.2) is 18.3 Å². The molecule has 332 valence electrons. The van der Waals surface area contributed by atoms with Crippen LogP contribution in [0.1, 0.15) is 13.8 Å². The standard InChI is InChI=1S/2C21H33N7.2BrH.2ClH/c2*1-4-27(14-18-28-15-11-26(12-16-28)13-17-28)20-7-5-19(6-8-20)22-23-21-24(2)9-10-25(21)3;;;;/h2*5-10H,4,11-18H2,1-3H3;4*1H/q2*+2;;;;/p-4. The molecule has 2 aromatic carbocycles. The number of rotatable bonds is 14. The van der Waals surface area contributed by atoms with E-state index in [0.717, 1.165) is 49.5 Å². The van der Waals surface area contributed by atoms with Crippen molar-refractivity contribution in [2.24, 2.45) is 48.6 Å². The number of nitrogens with zero attached hydrogens (tertiary/aromatic N) is 14. The number of hydrogen-bond acceptors (Lipinski definition) is 8. The van der Waals surface area contributed by atoms with Crippen LogP contribution in [0, 0.1) is 0 Å². The molecule has 0 radical (unpaired) electrons. The Morgan fingerprint density at radius 2 is 0.850 bits per heavy atom. The van der Waals surface area contributed by atoms with Gasteiger partial charge in [0, 0.05) is 74.0 Å². The van der Waals surface area contributed by atoms with Crippen LogP contribution in [0.25, 0.3) is 0 Å². The fourth-order valence-electron chi connectivity index (χ4n) is 8.85.